The summed E-state index contributed by atoms with van der Waals surface area (Å²) in [6.45, 7) is 0. The first-order valence-corrected chi connectivity index (χ1v) is 6.59. The van der Waals surface area contributed by atoms with Crippen molar-refractivity contribution in [3.8, 4) is 0 Å². The Kier molecular flexibility index (Phi) is 3.32. The lowest BCUT2D eigenvalue weighted by Crippen LogP contribution is -2.34. The molecule has 20 heavy (non-hydrogen) atoms. The molecule has 1 saturated carbocycles. The van der Waals surface area contributed by atoms with Crippen molar-refractivity contribution in [2.24, 2.45) is 13.0 Å². The van der Waals surface area contributed by atoms with Crippen LogP contribution in [0.1, 0.15) is 24.4 Å². The molecule has 1 aromatic heterocycles. The largest absolute Gasteiger partial charge is 0.331 e. The van der Waals surface area contributed by atoms with Crippen molar-refractivity contribution in [3.05, 3.63) is 35.9 Å². The molecule has 1 heterocycles. The Balaban J connectivity index is 1.66. The maximum absolute atomic E-state index is 12.0. The SMILES string of the molecule is Cn1nnc(NC(=O)NC(c2ccccc2)C2CC2)n1. The van der Waals surface area contributed by atoms with Crippen molar-refractivity contribution in [1.29, 1.82) is 0 Å². The molecule has 1 atom stereocenters. The molecular formula is C13H16N6O. The van der Waals surface area contributed by atoms with Gasteiger partial charge in [0.1, 0.15) is 0 Å². The summed E-state index contributed by atoms with van der Waals surface area (Å²) in [6, 6.07) is 9.72. The van der Waals surface area contributed by atoms with E-state index in [9.17, 15) is 4.79 Å². The summed E-state index contributed by atoms with van der Waals surface area (Å²) >= 11 is 0. The number of anilines is 1. The normalized spacial score (nSPS) is 15.7. The summed E-state index contributed by atoms with van der Waals surface area (Å²) in [5, 5.41) is 16.9. The van der Waals surface area contributed by atoms with E-state index < -0.39 is 0 Å². The van der Waals surface area contributed by atoms with Crippen LogP contribution in [0.2, 0.25) is 0 Å². The van der Waals surface area contributed by atoms with E-state index in [1.807, 2.05) is 30.3 Å². The second-order valence-corrected chi connectivity index (χ2v) is 4.93. The first-order chi connectivity index (χ1) is 9.72. The Morgan fingerprint density at radius 2 is 2.10 bits per heavy atom. The van der Waals surface area contributed by atoms with Gasteiger partial charge < -0.3 is 5.32 Å². The number of aryl methyl sites for hydroxylation is 1. The van der Waals surface area contributed by atoms with Crippen LogP contribution in [0, 0.1) is 5.92 Å². The first kappa shape index (κ1) is 12.6. The highest BCUT2D eigenvalue weighted by Crippen LogP contribution is 2.40. The standard InChI is InChI=1S/C13H16N6O/c1-19-17-12(16-18-19)15-13(20)14-11(10-7-8-10)9-5-3-2-4-6-9/h2-6,10-11H,7-8H2,1H3,(H2,14,15,17,20). The van der Waals surface area contributed by atoms with Gasteiger partial charge in [0, 0.05) is 0 Å². The highest BCUT2D eigenvalue weighted by Gasteiger charge is 2.33. The minimum absolute atomic E-state index is 0.0351. The van der Waals surface area contributed by atoms with Crippen LogP contribution in [-0.4, -0.2) is 26.2 Å². The number of carbonyl (C=O) groups excluding carboxylic acids is 1. The van der Waals surface area contributed by atoms with E-state index in [1.54, 1.807) is 7.05 Å². The van der Waals surface area contributed by atoms with Crippen molar-refractivity contribution in [1.82, 2.24) is 25.5 Å². The van der Waals surface area contributed by atoms with Gasteiger partial charge in [-0.25, -0.2) is 4.79 Å². The van der Waals surface area contributed by atoms with Crippen molar-refractivity contribution >= 4 is 12.0 Å². The number of benzene rings is 1. The van der Waals surface area contributed by atoms with E-state index in [4.69, 9.17) is 0 Å². The Bertz CT molecular complexity index is 592. The number of hydrogen-bond donors (Lipinski definition) is 2. The zero-order chi connectivity index (χ0) is 13.9. The summed E-state index contributed by atoms with van der Waals surface area (Å²) < 4.78 is 0. The minimum Gasteiger partial charge on any atom is -0.331 e. The van der Waals surface area contributed by atoms with Gasteiger partial charge in [0.2, 0.25) is 0 Å². The summed E-state index contributed by atoms with van der Waals surface area (Å²) in [5.74, 6) is 0.713. The number of amides is 2. The van der Waals surface area contributed by atoms with Crippen molar-refractivity contribution < 1.29 is 4.79 Å². The number of nitrogens with zero attached hydrogens (tertiary/aromatic N) is 4. The highest BCUT2D eigenvalue weighted by atomic mass is 16.2. The van der Waals surface area contributed by atoms with Gasteiger partial charge in [0.25, 0.3) is 5.95 Å². The van der Waals surface area contributed by atoms with Crippen molar-refractivity contribution in [3.63, 3.8) is 0 Å². The molecule has 2 aromatic rings. The van der Waals surface area contributed by atoms with Crippen LogP contribution in [-0.2, 0) is 7.05 Å². The molecule has 0 spiro atoms. The van der Waals surface area contributed by atoms with Gasteiger partial charge in [-0.1, -0.05) is 35.4 Å². The number of tetrazole rings is 1. The van der Waals surface area contributed by atoms with Crippen LogP contribution in [0.25, 0.3) is 0 Å². The van der Waals surface area contributed by atoms with Gasteiger partial charge in [-0.3, -0.25) is 5.32 Å². The molecule has 104 valence electrons. The predicted octanol–water partition coefficient (Wildman–Crippen LogP) is 1.48. The second kappa shape index (κ2) is 5.28. The predicted molar refractivity (Wildman–Crippen MR) is 72.9 cm³/mol. The molecule has 1 fully saturated rings. The number of carbonyl (C=O) groups is 1. The van der Waals surface area contributed by atoms with Crippen LogP contribution in [0.5, 0.6) is 0 Å². The molecule has 2 amide bonds. The van der Waals surface area contributed by atoms with Gasteiger partial charge in [0.15, 0.2) is 0 Å². The fourth-order valence-corrected chi connectivity index (χ4v) is 2.18. The van der Waals surface area contributed by atoms with Crippen LogP contribution in [0.15, 0.2) is 30.3 Å². The lowest BCUT2D eigenvalue weighted by atomic mass is 10.0. The quantitative estimate of drug-likeness (QED) is 0.883. The van der Waals surface area contributed by atoms with Gasteiger partial charge in [-0.05, 0) is 29.5 Å². The third-order valence-electron chi connectivity index (χ3n) is 3.27. The Morgan fingerprint density at radius 3 is 2.70 bits per heavy atom. The maximum Gasteiger partial charge on any atom is 0.322 e. The average Bonchev–Trinajstić information content (AvgIpc) is 3.21. The molecule has 7 nitrogen and oxygen atoms in total. The molecule has 0 radical (unpaired) electrons. The Morgan fingerprint density at radius 1 is 1.35 bits per heavy atom. The topological polar surface area (TPSA) is 84.7 Å². The second-order valence-electron chi connectivity index (χ2n) is 4.93. The molecule has 1 aliphatic rings. The Labute approximate surface area is 116 Å². The number of urea groups is 1. The average molecular weight is 272 g/mol. The summed E-state index contributed by atoms with van der Waals surface area (Å²) in [5.41, 5.74) is 1.12. The fraction of sp³-hybridized carbons (Fsp3) is 0.385. The molecule has 1 unspecified atom stereocenters. The van der Waals surface area contributed by atoms with Gasteiger partial charge in [-0.15, -0.1) is 5.10 Å². The fourth-order valence-electron chi connectivity index (χ4n) is 2.18. The Hall–Kier alpha value is -2.44. The van der Waals surface area contributed by atoms with Crippen LogP contribution in [0.3, 0.4) is 0 Å². The van der Waals surface area contributed by atoms with Gasteiger partial charge in [-0.2, -0.15) is 4.80 Å². The smallest absolute Gasteiger partial charge is 0.322 e. The van der Waals surface area contributed by atoms with E-state index in [2.05, 4.69) is 26.0 Å². The third-order valence-corrected chi connectivity index (χ3v) is 3.27. The monoisotopic (exact) mass is 272 g/mol. The van der Waals surface area contributed by atoms with E-state index in [-0.39, 0.29) is 18.0 Å². The molecule has 0 aliphatic heterocycles. The highest BCUT2D eigenvalue weighted by molar-refractivity contribution is 5.87. The van der Waals surface area contributed by atoms with E-state index in [1.165, 1.54) is 4.80 Å². The molecule has 0 saturated heterocycles. The molecular weight excluding hydrogens is 256 g/mol. The van der Waals surface area contributed by atoms with Gasteiger partial charge >= 0.3 is 6.03 Å². The molecule has 1 aromatic carbocycles. The zero-order valence-corrected chi connectivity index (χ0v) is 11.2. The number of nitrogens with one attached hydrogen (secondary N) is 2. The first-order valence-electron chi connectivity index (χ1n) is 6.59. The third kappa shape index (κ3) is 2.93. The maximum atomic E-state index is 12.0. The molecule has 2 N–H and O–H groups in total. The van der Waals surface area contributed by atoms with Gasteiger partial charge in [0.05, 0.1) is 13.1 Å². The van der Waals surface area contributed by atoms with E-state index >= 15 is 0 Å². The van der Waals surface area contributed by atoms with E-state index in [0.717, 1.165) is 18.4 Å². The lowest BCUT2D eigenvalue weighted by Gasteiger charge is -2.18. The van der Waals surface area contributed by atoms with Crippen molar-refractivity contribution in [2.45, 2.75) is 18.9 Å². The zero-order valence-electron chi connectivity index (χ0n) is 11.2. The molecule has 3 rings (SSSR count). The number of hydrogen-bond acceptors (Lipinski definition) is 4. The van der Waals surface area contributed by atoms with Crippen molar-refractivity contribution in [2.75, 3.05) is 5.32 Å². The molecule has 0 bridgehead atoms. The minimum atomic E-state index is -0.307. The van der Waals surface area contributed by atoms with Crippen LogP contribution >= 0.6 is 0 Å². The summed E-state index contributed by atoms with van der Waals surface area (Å²) in [7, 11) is 1.65. The molecule has 7 heteroatoms. The van der Waals surface area contributed by atoms with E-state index in [0.29, 0.717) is 5.92 Å². The van der Waals surface area contributed by atoms with Crippen LogP contribution in [0.4, 0.5) is 10.7 Å². The van der Waals surface area contributed by atoms with Crippen LogP contribution < -0.4 is 10.6 Å². The number of aromatic nitrogens is 4. The summed E-state index contributed by atoms with van der Waals surface area (Å²) in [6.07, 6.45) is 2.28. The number of rotatable bonds is 4. The lowest BCUT2D eigenvalue weighted by molar-refractivity contribution is 0.247. The summed E-state index contributed by atoms with van der Waals surface area (Å²) in [4.78, 5) is 13.3. The molecule has 1 aliphatic carbocycles.